The van der Waals surface area contributed by atoms with Crippen LogP contribution in [-0.4, -0.2) is 19.0 Å². The van der Waals surface area contributed by atoms with Crippen LogP contribution < -0.4 is 5.73 Å². The Kier molecular flexibility index (Phi) is 1.92. The van der Waals surface area contributed by atoms with E-state index in [2.05, 4.69) is 11.3 Å². The molecule has 0 spiro atoms. The van der Waals surface area contributed by atoms with Gasteiger partial charge in [0.1, 0.15) is 0 Å². The number of rotatable bonds is 3. The zero-order valence-corrected chi connectivity index (χ0v) is 6.87. The maximum absolute atomic E-state index is 11.1. The molecule has 1 saturated carbocycles. The minimum Gasteiger partial charge on any atom is -0.468 e. The molecule has 4 nitrogen and oxygen atoms in total. The van der Waals surface area contributed by atoms with E-state index in [-0.39, 0.29) is 5.92 Å². The van der Waals surface area contributed by atoms with Crippen molar-refractivity contribution < 1.29 is 14.3 Å². The number of carbonyl (C=O) groups is 2. The van der Waals surface area contributed by atoms with E-state index in [0.29, 0.717) is 6.42 Å². The molecular formula is C8H11NO3. The predicted octanol–water partition coefficient (Wildman–Crippen LogP) is -0.163. The van der Waals surface area contributed by atoms with Gasteiger partial charge in [0.25, 0.3) is 0 Å². The Morgan fingerprint density at radius 1 is 1.75 bits per heavy atom. The molecule has 1 amide bonds. The molecule has 1 aliphatic rings. The highest BCUT2D eigenvalue weighted by atomic mass is 16.5. The molecular weight excluding hydrogens is 158 g/mol. The Bertz CT molecular complexity index is 249. The third-order valence-corrected chi connectivity index (χ3v) is 2.29. The largest absolute Gasteiger partial charge is 0.468 e. The number of hydrogen-bond acceptors (Lipinski definition) is 3. The zero-order chi connectivity index (χ0) is 9.35. The molecule has 0 heterocycles. The van der Waals surface area contributed by atoms with Gasteiger partial charge in [0.2, 0.25) is 5.91 Å². The number of carbonyl (C=O) groups excluding carboxylic acids is 2. The highest BCUT2D eigenvalue weighted by Crippen LogP contribution is 2.53. The van der Waals surface area contributed by atoms with Crippen molar-refractivity contribution in [3.63, 3.8) is 0 Å². The van der Waals surface area contributed by atoms with Crippen LogP contribution in [0.2, 0.25) is 0 Å². The summed E-state index contributed by atoms with van der Waals surface area (Å²) in [4.78, 5) is 22.1. The van der Waals surface area contributed by atoms with Gasteiger partial charge in [-0.2, -0.15) is 0 Å². The van der Waals surface area contributed by atoms with E-state index < -0.39 is 17.3 Å². The normalized spacial score (nSPS) is 32.2. The summed E-state index contributed by atoms with van der Waals surface area (Å²) in [6.07, 6.45) is 1.99. The van der Waals surface area contributed by atoms with Crippen LogP contribution in [0.15, 0.2) is 12.7 Å². The monoisotopic (exact) mass is 169 g/mol. The third kappa shape index (κ3) is 0.913. The summed E-state index contributed by atoms with van der Waals surface area (Å²) in [5.41, 5.74) is 3.97. The molecule has 1 rings (SSSR count). The van der Waals surface area contributed by atoms with Crippen molar-refractivity contribution >= 4 is 11.9 Å². The summed E-state index contributed by atoms with van der Waals surface area (Å²) in [7, 11) is 1.24. The lowest BCUT2D eigenvalue weighted by molar-refractivity contribution is -0.151. The van der Waals surface area contributed by atoms with E-state index in [1.165, 1.54) is 7.11 Å². The van der Waals surface area contributed by atoms with E-state index in [9.17, 15) is 9.59 Å². The Labute approximate surface area is 70.4 Å². The third-order valence-electron chi connectivity index (χ3n) is 2.29. The first-order valence-corrected chi connectivity index (χ1v) is 3.60. The number of esters is 1. The molecule has 2 unspecified atom stereocenters. The second-order valence-electron chi connectivity index (χ2n) is 2.87. The molecule has 12 heavy (non-hydrogen) atoms. The quantitative estimate of drug-likeness (QED) is 0.362. The van der Waals surface area contributed by atoms with E-state index in [1.54, 1.807) is 6.08 Å². The molecule has 0 aromatic rings. The predicted molar refractivity (Wildman–Crippen MR) is 41.9 cm³/mol. The molecule has 2 atom stereocenters. The van der Waals surface area contributed by atoms with E-state index in [1.807, 2.05) is 0 Å². The molecule has 0 aromatic heterocycles. The van der Waals surface area contributed by atoms with E-state index in [4.69, 9.17) is 5.73 Å². The van der Waals surface area contributed by atoms with Gasteiger partial charge in [-0.1, -0.05) is 6.08 Å². The van der Waals surface area contributed by atoms with Crippen LogP contribution in [0.3, 0.4) is 0 Å². The SMILES string of the molecule is C=CC1CC1(C(N)=O)C(=O)OC. The van der Waals surface area contributed by atoms with Crippen LogP contribution >= 0.6 is 0 Å². The van der Waals surface area contributed by atoms with Crippen molar-refractivity contribution in [2.75, 3.05) is 7.11 Å². The smallest absolute Gasteiger partial charge is 0.321 e. The molecule has 0 aromatic carbocycles. The van der Waals surface area contributed by atoms with Gasteiger partial charge in [-0.3, -0.25) is 9.59 Å². The van der Waals surface area contributed by atoms with Crippen molar-refractivity contribution in [3.8, 4) is 0 Å². The van der Waals surface area contributed by atoms with Crippen LogP contribution in [0.25, 0.3) is 0 Å². The first-order chi connectivity index (χ1) is 5.59. The lowest BCUT2D eigenvalue weighted by atomic mass is 10.0. The lowest BCUT2D eigenvalue weighted by Crippen LogP contribution is -2.34. The zero-order valence-electron chi connectivity index (χ0n) is 6.87. The van der Waals surface area contributed by atoms with Crippen LogP contribution in [0, 0.1) is 11.3 Å². The van der Waals surface area contributed by atoms with Gasteiger partial charge < -0.3 is 10.5 Å². The first-order valence-electron chi connectivity index (χ1n) is 3.60. The van der Waals surface area contributed by atoms with Crippen LogP contribution in [-0.2, 0) is 14.3 Å². The molecule has 0 radical (unpaired) electrons. The highest BCUT2D eigenvalue weighted by Gasteiger charge is 2.64. The Morgan fingerprint density at radius 2 is 2.33 bits per heavy atom. The van der Waals surface area contributed by atoms with Gasteiger partial charge in [-0.25, -0.2) is 0 Å². The summed E-state index contributed by atoms with van der Waals surface area (Å²) in [5, 5.41) is 0. The lowest BCUT2D eigenvalue weighted by Gasteiger charge is -2.08. The fourth-order valence-electron chi connectivity index (χ4n) is 1.37. The number of ether oxygens (including phenoxy) is 1. The summed E-state index contributed by atoms with van der Waals surface area (Å²) >= 11 is 0. The molecule has 0 bridgehead atoms. The molecule has 0 saturated heterocycles. The van der Waals surface area contributed by atoms with Gasteiger partial charge >= 0.3 is 5.97 Å². The molecule has 2 N–H and O–H groups in total. The molecule has 0 aliphatic heterocycles. The molecule has 4 heteroatoms. The Balaban J connectivity index is 2.85. The second-order valence-corrected chi connectivity index (χ2v) is 2.87. The maximum Gasteiger partial charge on any atom is 0.321 e. The van der Waals surface area contributed by atoms with Crippen molar-refractivity contribution in [3.05, 3.63) is 12.7 Å². The average Bonchev–Trinajstić information content (AvgIpc) is 2.78. The van der Waals surface area contributed by atoms with E-state index in [0.717, 1.165) is 0 Å². The highest BCUT2D eigenvalue weighted by molar-refractivity contribution is 6.05. The van der Waals surface area contributed by atoms with Gasteiger partial charge in [-0.15, -0.1) is 6.58 Å². The van der Waals surface area contributed by atoms with Crippen LogP contribution in [0.4, 0.5) is 0 Å². The van der Waals surface area contributed by atoms with Crippen molar-refractivity contribution in [2.24, 2.45) is 17.1 Å². The van der Waals surface area contributed by atoms with Crippen LogP contribution in [0.5, 0.6) is 0 Å². The second kappa shape index (κ2) is 2.62. The fraction of sp³-hybridized carbons (Fsp3) is 0.500. The summed E-state index contributed by atoms with van der Waals surface area (Å²) in [5.74, 6) is -1.33. The Morgan fingerprint density at radius 3 is 2.58 bits per heavy atom. The summed E-state index contributed by atoms with van der Waals surface area (Å²) in [6.45, 7) is 3.50. The number of primary amides is 1. The van der Waals surface area contributed by atoms with Gasteiger partial charge in [-0.05, 0) is 6.42 Å². The fourth-order valence-corrected chi connectivity index (χ4v) is 1.37. The van der Waals surface area contributed by atoms with Gasteiger partial charge in [0.05, 0.1) is 7.11 Å². The Hall–Kier alpha value is -1.32. The molecule has 1 fully saturated rings. The minimum absolute atomic E-state index is 0.151. The number of methoxy groups -OCH3 is 1. The minimum atomic E-state index is -1.11. The molecule has 1 aliphatic carbocycles. The van der Waals surface area contributed by atoms with Crippen molar-refractivity contribution in [1.82, 2.24) is 0 Å². The average molecular weight is 169 g/mol. The number of amides is 1. The van der Waals surface area contributed by atoms with Gasteiger partial charge in [0, 0.05) is 5.92 Å². The summed E-state index contributed by atoms with van der Waals surface area (Å²) in [6, 6.07) is 0. The standard InChI is InChI=1S/C8H11NO3/c1-3-5-4-8(5,6(9)10)7(11)12-2/h3,5H,1,4H2,2H3,(H2,9,10). The van der Waals surface area contributed by atoms with Crippen LogP contribution in [0.1, 0.15) is 6.42 Å². The maximum atomic E-state index is 11.1. The molecule has 66 valence electrons. The number of nitrogens with two attached hydrogens (primary N) is 1. The number of hydrogen-bond donors (Lipinski definition) is 1. The van der Waals surface area contributed by atoms with Gasteiger partial charge in [0.15, 0.2) is 5.41 Å². The van der Waals surface area contributed by atoms with Crippen molar-refractivity contribution in [2.45, 2.75) is 6.42 Å². The van der Waals surface area contributed by atoms with Crippen molar-refractivity contribution in [1.29, 1.82) is 0 Å². The van der Waals surface area contributed by atoms with E-state index >= 15 is 0 Å². The number of allylic oxidation sites excluding steroid dienone is 1. The first kappa shape index (κ1) is 8.77. The topological polar surface area (TPSA) is 69.4 Å². The summed E-state index contributed by atoms with van der Waals surface area (Å²) < 4.78 is 4.48.